The van der Waals surface area contributed by atoms with Crippen LogP contribution in [-0.4, -0.2) is 0 Å². The Morgan fingerprint density at radius 3 is 2.80 bits per heavy atom. The summed E-state index contributed by atoms with van der Waals surface area (Å²) in [7, 11) is 0. The minimum absolute atomic E-state index is 0.767. The predicted molar refractivity (Wildman–Crippen MR) is 45.9 cm³/mol. The highest BCUT2D eigenvalue weighted by Gasteiger charge is 2.11. The molecule has 1 rings (SSSR count). The van der Waals surface area contributed by atoms with Gasteiger partial charge in [0.05, 0.1) is 0 Å². The molecule has 0 aromatic heterocycles. The average Bonchev–Trinajstić information content (AvgIpc) is 1.88. The maximum atomic E-state index is 3.97. The fraction of sp³-hybridized carbons (Fsp3) is 0.600. The lowest BCUT2D eigenvalue weighted by Gasteiger charge is -2.19. The molecule has 0 heteroatoms. The molecule has 0 saturated carbocycles. The SMILES string of the molecule is C=C(C)[C@@H]1CC=C(C)CC1. The molecular formula is C10H16. The van der Waals surface area contributed by atoms with E-state index in [4.69, 9.17) is 0 Å². The molecular weight excluding hydrogens is 120 g/mol. The second-order valence-corrected chi connectivity index (χ2v) is 3.37. The van der Waals surface area contributed by atoms with Crippen molar-refractivity contribution < 1.29 is 0 Å². The maximum absolute atomic E-state index is 3.97. The Hall–Kier alpha value is -0.520. The van der Waals surface area contributed by atoms with Crippen LogP contribution in [0.25, 0.3) is 0 Å². The van der Waals surface area contributed by atoms with Crippen molar-refractivity contribution in [1.82, 2.24) is 0 Å². The van der Waals surface area contributed by atoms with E-state index in [1.807, 2.05) is 0 Å². The Kier molecular flexibility index (Phi) is 2.31. The Balaban J connectivity index is 2.50. The van der Waals surface area contributed by atoms with Crippen molar-refractivity contribution >= 4 is 0 Å². The third kappa shape index (κ3) is 1.73. The van der Waals surface area contributed by atoms with Gasteiger partial charge in [0.1, 0.15) is 0 Å². The van der Waals surface area contributed by atoms with Crippen LogP contribution < -0.4 is 0 Å². The topological polar surface area (TPSA) is 0 Å². The molecule has 0 fully saturated rings. The molecule has 0 unspecified atom stereocenters. The van der Waals surface area contributed by atoms with Crippen LogP contribution in [0.3, 0.4) is 0 Å². The van der Waals surface area contributed by atoms with Gasteiger partial charge in [0, 0.05) is 0 Å². The number of allylic oxidation sites excluding steroid dienone is 3. The van der Waals surface area contributed by atoms with Gasteiger partial charge in [-0.2, -0.15) is 0 Å². The van der Waals surface area contributed by atoms with E-state index in [1.54, 1.807) is 5.57 Å². The highest BCUT2D eigenvalue weighted by molar-refractivity contribution is 5.09. The average molecular weight is 136 g/mol. The molecule has 10 heavy (non-hydrogen) atoms. The van der Waals surface area contributed by atoms with Crippen molar-refractivity contribution in [2.24, 2.45) is 5.92 Å². The summed E-state index contributed by atoms with van der Waals surface area (Å²) in [5.74, 6) is 0.767. The van der Waals surface area contributed by atoms with Gasteiger partial charge < -0.3 is 0 Å². The quantitative estimate of drug-likeness (QED) is 0.485. The zero-order chi connectivity index (χ0) is 7.56. The highest BCUT2D eigenvalue weighted by atomic mass is 14.2. The van der Waals surface area contributed by atoms with E-state index < -0.39 is 0 Å². The summed E-state index contributed by atoms with van der Waals surface area (Å²) in [4.78, 5) is 0. The first-order valence-electron chi connectivity index (χ1n) is 4.01. The summed E-state index contributed by atoms with van der Waals surface area (Å²) < 4.78 is 0. The lowest BCUT2D eigenvalue weighted by molar-refractivity contribution is 0.540. The van der Waals surface area contributed by atoms with Crippen molar-refractivity contribution in [3.05, 3.63) is 23.8 Å². The third-order valence-corrected chi connectivity index (χ3v) is 2.33. The summed E-state index contributed by atoms with van der Waals surface area (Å²) in [6.07, 6.45) is 6.17. The van der Waals surface area contributed by atoms with Gasteiger partial charge in [-0.25, -0.2) is 0 Å². The van der Waals surface area contributed by atoms with Crippen LogP contribution in [0.2, 0.25) is 0 Å². The molecule has 0 amide bonds. The molecule has 0 spiro atoms. The molecule has 0 heterocycles. The Bertz CT molecular complexity index is 163. The molecule has 56 valence electrons. The first kappa shape index (κ1) is 7.59. The van der Waals surface area contributed by atoms with Crippen molar-refractivity contribution in [2.75, 3.05) is 0 Å². The molecule has 1 atom stereocenters. The van der Waals surface area contributed by atoms with Gasteiger partial charge in [-0.3, -0.25) is 0 Å². The van der Waals surface area contributed by atoms with Gasteiger partial charge in [-0.1, -0.05) is 23.8 Å². The third-order valence-electron chi connectivity index (χ3n) is 2.33. The minimum Gasteiger partial charge on any atom is -0.0998 e. The number of rotatable bonds is 1. The summed E-state index contributed by atoms with van der Waals surface area (Å²) >= 11 is 0. The van der Waals surface area contributed by atoms with E-state index in [2.05, 4.69) is 26.5 Å². The fourth-order valence-electron chi connectivity index (χ4n) is 1.41. The fourth-order valence-corrected chi connectivity index (χ4v) is 1.41. The standard InChI is InChI=1S/C10H16/c1-8(2)10-6-4-9(3)5-7-10/h4,10H,1,5-7H2,2-3H3/t10-/m1/s1. The van der Waals surface area contributed by atoms with Gasteiger partial charge in [-0.05, 0) is 39.0 Å². The van der Waals surface area contributed by atoms with Gasteiger partial charge >= 0.3 is 0 Å². The normalized spacial score (nSPS) is 25.8. The highest BCUT2D eigenvalue weighted by Crippen LogP contribution is 2.27. The van der Waals surface area contributed by atoms with Crippen LogP contribution in [0.15, 0.2) is 23.8 Å². The monoisotopic (exact) mass is 136 g/mol. The summed E-state index contributed by atoms with van der Waals surface area (Å²) in [5, 5.41) is 0. The Morgan fingerprint density at radius 1 is 1.70 bits per heavy atom. The molecule has 0 aliphatic heterocycles. The second kappa shape index (κ2) is 3.05. The molecule has 1 aliphatic carbocycles. The zero-order valence-corrected chi connectivity index (χ0v) is 6.98. The van der Waals surface area contributed by atoms with E-state index in [1.165, 1.54) is 24.8 Å². The molecule has 0 aromatic rings. The second-order valence-electron chi connectivity index (χ2n) is 3.37. The van der Waals surface area contributed by atoms with E-state index in [-0.39, 0.29) is 0 Å². The lowest BCUT2D eigenvalue weighted by Crippen LogP contribution is -2.04. The van der Waals surface area contributed by atoms with Crippen molar-refractivity contribution in [3.63, 3.8) is 0 Å². The van der Waals surface area contributed by atoms with Crippen molar-refractivity contribution in [3.8, 4) is 0 Å². The van der Waals surface area contributed by atoms with E-state index in [0.717, 1.165) is 5.92 Å². The van der Waals surface area contributed by atoms with Crippen LogP contribution in [0, 0.1) is 5.92 Å². The predicted octanol–water partition coefficient (Wildman–Crippen LogP) is 3.31. The van der Waals surface area contributed by atoms with Crippen LogP contribution >= 0.6 is 0 Å². The van der Waals surface area contributed by atoms with Crippen LogP contribution in [0.1, 0.15) is 33.1 Å². The first-order chi connectivity index (χ1) is 4.70. The number of hydrogen-bond acceptors (Lipinski definition) is 0. The van der Waals surface area contributed by atoms with E-state index >= 15 is 0 Å². The minimum atomic E-state index is 0.767. The molecule has 0 saturated heterocycles. The van der Waals surface area contributed by atoms with E-state index in [9.17, 15) is 0 Å². The maximum Gasteiger partial charge on any atom is -0.0171 e. The van der Waals surface area contributed by atoms with Crippen LogP contribution in [0.5, 0.6) is 0 Å². The van der Waals surface area contributed by atoms with Crippen LogP contribution in [0.4, 0.5) is 0 Å². The lowest BCUT2D eigenvalue weighted by atomic mass is 9.86. The van der Waals surface area contributed by atoms with Gasteiger partial charge in [-0.15, -0.1) is 0 Å². The first-order valence-corrected chi connectivity index (χ1v) is 4.01. The van der Waals surface area contributed by atoms with Crippen LogP contribution in [-0.2, 0) is 0 Å². The Labute approximate surface area is 63.6 Å². The van der Waals surface area contributed by atoms with Crippen molar-refractivity contribution in [2.45, 2.75) is 33.1 Å². The molecule has 0 N–H and O–H groups in total. The largest absolute Gasteiger partial charge is 0.0998 e. The van der Waals surface area contributed by atoms with Gasteiger partial charge in [0.15, 0.2) is 0 Å². The molecule has 0 nitrogen and oxygen atoms in total. The van der Waals surface area contributed by atoms with Crippen molar-refractivity contribution in [1.29, 1.82) is 0 Å². The summed E-state index contributed by atoms with van der Waals surface area (Å²) in [6, 6.07) is 0. The molecule has 0 bridgehead atoms. The smallest absolute Gasteiger partial charge is 0.0171 e. The number of hydrogen-bond donors (Lipinski definition) is 0. The molecule has 1 aliphatic rings. The summed E-state index contributed by atoms with van der Waals surface area (Å²) in [6.45, 7) is 8.33. The van der Waals surface area contributed by atoms with E-state index in [0.29, 0.717) is 0 Å². The zero-order valence-electron chi connectivity index (χ0n) is 6.98. The van der Waals surface area contributed by atoms with Gasteiger partial charge in [0.25, 0.3) is 0 Å². The molecule has 0 aromatic carbocycles. The van der Waals surface area contributed by atoms with Gasteiger partial charge in [0.2, 0.25) is 0 Å². The Morgan fingerprint density at radius 2 is 2.40 bits per heavy atom. The summed E-state index contributed by atoms with van der Waals surface area (Å²) in [5.41, 5.74) is 2.90. The molecule has 0 radical (unpaired) electrons.